The fourth-order valence-electron chi connectivity index (χ4n) is 3.15. The van der Waals surface area contributed by atoms with E-state index in [1.165, 1.54) is 42.8 Å². The lowest BCUT2D eigenvalue weighted by Gasteiger charge is -2.20. The van der Waals surface area contributed by atoms with Crippen LogP contribution in [-0.2, 0) is 0 Å². The minimum atomic E-state index is 0.837. The summed E-state index contributed by atoms with van der Waals surface area (Å²) in [7, 11) is 1.70. The predicted octanol–water partition coefficient (Wildman–Crippen LogP) is 7.34. The second kappa shape index (κ2) is 11.3. The van der Waals surface area contributed by atoms with Crippen LogP contribution >= 0.6 is 23.5 Å². The monoisotopic (exact) mass is 397 g/mol. The molecular formula is C23H27NOS2. The van der Waals surface area contributed by atoms with Gasteiger partial charge in [-0.1, -0.05) is 55.3 Å². The summed E-state index contributed by atoms with van der Waals surface area (Å²) in [5, 5.41) is 3.21. The molecule has 0 aromatic heterocycles. The second-order valence-corrected chi connectivity index (χ2v) is 8.72. The van der Waals surface area contributed by atoms with Crippen molar-refractivity contribution in [1.82, 2.24) is 0 Å². The molecule has 1 aliphatic carbocycles. The van der Waals surface area contributed by atoms with E-state index in [4.69, 9.17) is 9.73 Å². The summed E-state index contributed by atoms with van der Waals surface area (Å²) in [4.78, 5) is 6.03. The molecular weight excluding hydrogens is 370 g/mol. The maximum Gasteiger partial charge on any atom is 0.119 e. The topological polar surface area (TPSA) is 21.6 Å². The van der Waals surface area contributed by atoms with Crippen LogP contribution in [0.1, 0.15) is 32.1 Å². The summed E-state index contributed by atoms with van der Waals surface area (Å²) in [6.07, 6.45) is 9.06. The van der Waals surface area contributed by atoms with Crippen LogP contribution < -0.4 is 4.74 Å². The Bertz CT molecular complexity index is 752. The molecule has 0 saturated heterocycles. The van der Waals surface area contributed by atoms with Crippen LogP contribution in [0.5, 0.6) is 5.75 Å². The molecule has 1 fully saturated rings. The van der Waals surface area contributed by atoms with Gasteiger partial charge >= 0.3 is 0 Å². The van der Waals surface area contributed by atoms with Gasteiger partial charge in [-0.25, -0.2) is 4.99 Å². The van der Waals surface area contributed by atoms with Crippen molar-refractivity contribution in [3.8, 4) is 5.75 Å². The van der Waals surface area contributed by atoms with Crippen molar-refractivity contribution in [2.75, 3.05) is 12.9 Å². The Labute approximate surface area is 171 Å². The van der Waals surface area contributed by atoms with Crippen molar-refractivity contribution < 1.29 is 4.74 Å². The number of hydrogen-bond donors (Lipinski definition) is 0. The van der Waals surface area contributed by atoms with Crippen LogP contribution in [0.2, 0.25) is 0 Å². The van der Waals surface area contributed by atoms with Gasteiger partial charge in [0.05, 0.1) is 17.8 Å². The van der Waals surface area contributed by atoms with Gasteiger partial charge in [0, 0.05) is 10.6 Å². The van der Waals surface area contributed by atoms with Gasteiger partial charge in [0.1, 0.15) is 5.75 Å². The summed E-state index contributed by atoms with van der Waals surface area (Å²) < 4.78 is 5.30. The summed E-state index contributed by atoms with van der Waals surface area (Å²) in [6.45, 7) is 0. The molecule has 0 unspecified atom stereocenters. The van der Waals surface area contributed by atoms with Crippen LogP contribution in [0, 0.1) is 5.92 Å². The molecule has 2 nitrogen and oxygen atoms in total. The third-order valence-corrected chi connectivity index (χ3v) is 6.60. The van der Waals surface area contributed by atoms with E-state index in [1.54, 1.807) is 18.9 Å². The number of aliphatic imine (C=N–C) groups is 1. The Morgan fingerprint density at radius 3 is 2.67 bits per heavy atom. The molecule has 0 amide bonds. The first-order chi connectivity index (χ1) is 13.3. The molecule has 1 saturated carbocycles. The first-order valence-corrected chi connectivity index (χ1v) is 11.4. The number of nitrogens with zero attached hydrogens (tertiary/aromatic N) is 1. The van der Waals surface area contributed by atoms with Gasteiger partial charge in [0.15, 0.2) is 0 Å². The SMILES string of the molecule is COc1cccc(SC=CC(=Nc2ccccc2)SCC2CCCCC2)c1. The maximum absolute atomic E-state index is 5.30. The highest BCUT2D eigenvalue weighted by Gasteiger charge is 2.14. The third kappa shape index (κ3) is 7.11. The smallest absolute Gasteiger partial charge is 0.119 e. The van der Waals surface area contributed by atoms with E-state index in [0.717, 1.165) is 22.4 Å². The summed E-state index contributed by atoms with van der Waals surface area (Å²) in [5.74, 6) is 2.89. The Balaban J connectivity index is 1.65. The molecule has 2 aromatic carbocycles. The molecule has 27 heavy (non-hydrogen) atoms. The normalized spacial score (nSPS) is 16.0. The van der Waals surface area contributed by atoms with Crippen molar-refractivity contribution >= 4 is 34.3 Å². The van der Waals surface area contributed by atoms with Crippen LogP contribution in [0.4, 0.5) is 5.69 Å². The molecule has 0 aliphatic heterocycles. The van der Waals surface area contributed by atoms with Crippen LogP contribution in [0.15, 0.2) is 76.0 Å². The number of rotatable bonds is 7. The lowest BCUT2D eigenvalue weighted by molar-refractivity contribution is 0.391. The van der Waals surface area contributed by atoms with Crippen molar-refractivity contribution in [3.05, 3.63) is 66.1 Å². The molecule has 2 aromatic rings. The standard InChI is InChI=1S/C23H27NOS2/c1-25-21-13-8-14-22(17-21)26-16-15-23(24-20-11-6-3-7-12-20)27-18-19-9-4-2-5-10-19/h3,6-8,11-17,19H,2,4-5,9-10,18H2,1H3. The molecule has 142 valence electrons. The summed E-state index contributed by atoms with van der Waals surface area (Å²) in [5.41, 5.74) is 1.01. The minimum absolute atomic E-state index is 0.837. The zero-order chi connectivity index (χ0) is 18.7. The van der Waals surface area contributed by atoms with Gasteiger partial charge in [-0.05, 0) is 60.6 Å². The lowest BCUT2D eigenvalue weighted by atomic mass is 9.91. The van der Waals surface area contributed by atoms with Crippen molar-refractivity contribution in [1.29, 1.82) is 0 Å². The molecule has 0 atom stereocenters. The lowest BCUT2D eigenvalue weighted by Crippen LogP contribution is -2.09. The highest BCUT2D eigenvalue weighted by Crippen LogP contribution is 2.29. The molecule has 1 aliphatic rings. The van der Waals surface area contributed by atoms with Gasteiger partial charge in [-0.3, -0.25) is 0 Å². The second-order valence-electron chi connectivity index (χ2n) is 6.70. The summed E-state index contributed by atoms with van der Waals surface area (Å²) >= 11 is 3.59. The first-order valence-electron chi connectivity index (χ1n) is 9.57. The molecule has 0 heterocycles. The zero-order valence-corrected chi connectivity index (χ0v) is 17.5. The number of ether oxygens (including phenoxy) is 1. The van der Waals surface area contributed by atoms with Gasteiger partial charge in [0.2, 0.25) is 0 Å². The van der Waals surface area contributed by atoms with E-state index in [9.17, 15) is 0 Å². The summed E-state index contributed by atoms with van der Waals surface area (Å²) in [6, 6.07) is 18.4. The highest BCUT2D eigenvalue weighted by atomic mass is 32.2. The fourth-order valence-corrected chi connectivity index (χ4v) is 5.01. The largest absolute Gasteiger partial charge is 0.497 e. The number of methoxy groups -OCH3 is 1. The Hall–Kier alpha value is -1.65. The van der Waals surface area contributed by atoms with Crippen molar-refractivity contribution in [2.45, 2.75) is 37.0 Å². The zero-order valence-electron chi connectivity index (χ0n) is 15.8. The number of para-hydroxylation sites is 1. The number of benzene rings is 2. The van der Waals surface area contributed by atoms with Crippen LogP contribution in [-0.4, -0.2) is 17.9 Å². The number of thioether (sulfide) groups is 2. The van der Waals surface area contributed by atoms with E-state index in [1.807, 2.05) is 42.1 Å². The van der Waals surface area contributed by atoms with Gasteiger partial charge in [0.25, 0.3) is 0 Å². The van der Waals surface area contributed by atoms with Crippen LogP contribution in [0.3, 0.4) is 0 Å². The first kappa shape index (κ1) is 20.1. The van der Waals surface area contributed by atoms with E-state index in [-0.39, 0.29) is 0 Å². The van der Waals surface area contributed by atoms with Crippen molar-refractivity contribution in [2.24, 2.45) is 10.9 Å². The molecule has 4 heteroatoms. The Kier molecular flexibility index (Phi) is 8.37. The van der Waals surface area contributed by atoms with E-state index in [0.29, 0.717) is 0 Å². The van der Waals surface area contributed by atoms with Gasteiger partial charge in [-0.2, -0.15) is 0 Å². The minimum Gasteiger partial charge on any atom is -0.497 e. The van der Waals surface area contributed by atoms with E-state index >= 15 is 0 Å². The predicted molar refractivity (Wildman–Crippen MR) is 121 cm³/mol. The average Bonchev–Trinajstić information content (AvgIpc) is 2.73. The number of hydrogen-bond acceptors (Lipinski definition) is 4. The van der Waals surface area contributed by atoms with E-state index in [2.05, 4.69) is 35.7 Å². The Morgan fingerprint density at radius 2 is 1.89 bits per heavy atom. The maximum atomic E-state index is 5.30. The molecule has 3 rings (SSSR count). The third-order valence-electron chi connectivity index (χ3n) is 4.64. The van der Waals surface area contributed by atoms with Crippen LogP contribution in [0.25, 0.3) is 0 Å². The Morgan fingerprint density at radius 1 is 1.07 bits per heavy atom. The molecule has 0 bridgehead atoms. The van der Waals surface area contributed by atoms with E-state index < -0.39 is 0 Å². The quantitative estimate of drug-likeness (QED) is 0.277. The average molecular weight is 398 g/mol. The molecule has 0 N–H and O–H groups in total. The molecule has 0 spiro atoms. The fraction of sp³-hybridized carbons (Fsp3) is 0.348. The highest BCUT2D eigenvalue weighted by molar-refractivity contribution is 8.14. The van der Waals surface area contributed by atoms with Gasteiger partial charge < -0.3 is 4.74 Å². The molecule has 0 radical (unpaired) electrons. The van der Waals surface area contributed by atoms with Crippen molar-refractivity contribution in [3.63, 3.8) is 0 Å². The van der Waals surface area contributed by atoms with Gasteiger partial charge in [-0.15, -0.1) is 11.8 Å².